The first-order valence-corrected chi connectivity index (χ1v) is 7.91. The number of ether oxygens (including phenoxy) is 1. The number of hydrogen-bond donors (Lipinski definition) is 0. The highest BCUT2D eigenvalue weighted by atomic mass is 79.9. The van der Waals surface area contributed by atoms with Crippen LogP contribution in [0.2, 0.25) is 0 Å². The van der Waals surface area contributed by atoms with Crippen molar-refractivity contribution in [1.29, 1.82) is 0 Å². The molecule has 0 saturated heterocycles. The average molecular weight is 335 g/mol. The van der Waals surface area contributed by atoms with Gasteiger partial charge in [-0.05, 0) is 61.9 Å². The number of carbonyl (C=O) groups is 1. The van der Waals surface area contributed by atoms with Gasteiger partial charge in [0.05, 0.1) is 12.7 Å². The van der Waals surface area contributed by atoms with Gasteiger partial charge in [-0.25, -0.2) is 0 Å². The average Bonchev–Trinajstić information content (AvgIpc) is 2.80. The van der Waals surface area contributed by atoms with Crippen LogP contribution in [0.1, 0.15) is 36.0 Å². The van der Waals surface area contributed by atoms with E-state index < -0.39 is 0 Å². The van der Waals surface area contributed by atoms with Crippen molar-refractivity contribution in [3.05, 3.63) is 39.1 Å². The Morgan fingerprint density at radius 1 is 1.15 bits per heavy atom. The molecule has 2 aliphatic rings. The van der Waals surface area contributed by atoms with Crippen LogP contribution < -0.4 is 0 Å². The van der Waals surface area contributed by atoms with Crippen LogP contribution in [-0.2, 0) is 9.53 Å². The van der Waals surface area contributed by atoms with Crippen molar-refractivity contribution in [1.82, 2.24) is 0 Å². The number of fused-ring (bicyclic) bond motifs is 2. The third kappa shape index (κ3) is 2.03. The largest absolute Gasteiger partial charge is 0.500 e. The Labute approximate surface area is 128 Å². The summed E-state index contributed by atoms with van der Waals surface area (Å²) in [5.41, 5.74) is 4.19. The summed E-state index contributed by atoms with van der Waals surface area (Å²) >= 11 is 3.52. The number of hydrogen-bond acceptors (Lipinski definition) is 2. The maximum Gasteiger partial charge on any atom is 0.169 e. The molecule has 2 atom stereocenters. The zero-order valence-corrected chi connectivity index (χ0v) is 13.7. The van der Waals surface area contributed by atoms with Gasteiger partial charge < -0.3 is 4.74 Å². The van der Waals surface area contributed by atoms with Gasteiger partial charge in [-0.2, -0.15) is 0 Å². The molecule has 1 aromatic carbocycles. The number of ketones is 1. The molecule has 20 heavy (non-hydrogen) atoms. The number of carbonyl (C=O) groups excluding carboxylic acids is 1. The summed E-state index contributed by atoms with van der Waals surface area (Å²) in [6, 6.07) is 4.15. The molecule has 0 spiro atoms. The first-order chi connectivity index (χ1) is 9.52. The fourth-order valence-electron chi connectivity index (χ4n) is 3.81. The molecule has 1 fully saturated rings. The second kappa shape index (κ2) is 5.03. The summed E-state index contributed by atoms with van der Waals surface area (Å²) in [7, 11) is 1.70. The van der Waals surface area contributed by atoms with Gasteiger partial charge in [0.1, 0.15) is 5.76 Å². The number of allylic oxidation sites excluding steroid dienone is 2. The maximum atomic E-state index is 12.8. The molecule has 1 saturated carbocycles. The van der Waals surface area contributed by atoms with Gasteiger partial charge in [0.25, 0.3) is 0 Å². The van der Waals surface area contributed by atoms with Crippen LogP contribution in [0.4, 0.5) is 0 Å². The highest BCUT2D eigenvalue weighted by Gasteiger charge is 2.42. The summed E-state index contributed by atoms with van der Waals surface area (Å²) < 4.78 is 6.70. The maximum absolute atomic E-state index is 12.8. The van der Waals surface area contributed by atoms with Crippen molar-refractivity contribution in [2.45, 2.75) is 33.1 Å². The third-order valence-corrected chi connectivity index (χ3v) is 5.09. The van der Waals surface area contributed by atoms with Crippen LogP contribution in [0, 0.1) is 25.7 Å². The second-order valence-corrected chi connectivity index (χ2v) is 6.84. The van der Waals surface area contributed by atoms with E-state index in [2.05, 4.69) is 41.9 Å². The van der Waals surface area contributed by atoms with Crippen LogP contribution >= 0.6 is 15.9 Å². The van der Waals surface area contributed by atoms with E-state index in [1.807, 2.05) is 0 Å². The van der Waals surface area contributed by atoms with Crippen LogP contribution in [-0.4, -0.2) is 12.9 Å². The standard InChI is InChI=1S/C17H19BrO2/c1-9-6-13(18)7-10(2)14(9)15-16(19)11-4-5-12(8-11)17(15)20-3/h6-7,11-12H,4-5,8H2,1-3H3. The fraction of sp³-hybridized carbons (Fsp3) is 0.471. The molecule has 0 heterocycles. The number of aryl methyl sites for hydroxylation is 2. The SMILES string of the molecule is COC1=C(c2c(C)cc(Br)cc2C)C(=O)C2CCC1C2. The number of methoxy groups -OCH3 is 1. The lowest BCUT2D eigenvalue weighted by Gasteiger charge is -2.26. The Morgan fingerprint density at radius 2 is 1.75 bits per heavy atom. The van der Waals surface area contributed by atoms with Crippen LogP contribution in [0.25, 0.3) is 5.57 Å². The van der Waals surface area contributed by atoms with Crippen LogP contribution in [0.15, 0.2) is 22.4 Å². The highest BCUT2D eigenvalue weighted by Crippen LogP contribution is 2.47. The van der Waals surface area contributed by atoms with Crippen molar-refractivity contribution in [2.24, 2.45) is 11.8 Å². The molecule has 2 bridgehead atoms. The Bertz CT molecular complexity index is 592. The fourth-order valence-corrected chi connectivity index (χ4v) is 4.49. The van der Waals surface area contributed by atoms with Crippen molar-refractivity contribution in [2.75, 3.05) is 7.11 Å². The first-order valence-electron chi connectivity index (χ1n) is 7.12. The summed E-state index contributed by atoms with van der Waals surface area (Å²) in [5.74, 6) is 1.83. The lowest BCUT2D eigenvalue weighted by Crippen LogP contribution is -2.23. The number of Topliss-reactive ketones (excluding diaryl/α,β-unsaturated/α-hetero) is 1. The molecule has 2 unspecified atom stereocenters. The van der Waals surface area contributed by atoms with Crippen LogP contribution in [0.5, 0.6) is 0 Å². The van der Waals surface area contributed by atoms with Crippen molar-refractivity contribution < 1.29 is 9.53 Å². The summed E-state index contributed by atoms with van der Waals surface area (Å²) in [4.78, 5) is 12.8. The lowest BCUT2D eigenvalue weighted by atomic mass is 9.81. The normalized spacial score (nSPS) is 25.3. The molecule has 3 heteroatoms. The smallest absolute Gasteiger partial charge is 0.169 e. The van der Waals surface area contributed by atoms with Gasteiger partial charge in [-0.1, -0.05) is 15.9 Å². The quantitative estimate of drug-likeness (QED) is 0.800. The Hall–Kier alpha value is -1.09. The van der Waals surface area contributed by atoms with E-state index in [1.54, 1.807) is 7.11 Å². The molecule has 0 N–H and O–H groups in total. The van der Waals surface area contributed by atoms with Crippen molar-refractivity contribution in [3.8, 4) is 0 Å². The second-order valence-electron chi connectivity index (χ2n) is 5.93. The number of halogens is 1. The third-order valence-electron chi connectivity index (χ3n) is 4.63. The number of rotatable bonds is 2. The van der Waals surface area contributed by atoms with Gasteiger partial charge in [-0.3, -0.25) is 4.79 Å². The molecule has 2 nitrogen and oxygen atoms in total. The van der Waals surface area contributed by atoms with Crippen molar-refractivity contribution >= 4 is 27.3 Å². The topological polar surface area (TPSA) is 26.3 Å². The van der Waals surface area contributed by atoms with E-state index in [9.17, 15) is 4.79 Å². The summed E-state index contributed by atoms with van der Waals surface area (Å²) in [6.07, 6.45) is 3.06. The van der Waals surface area contributed by atoms with Crippen molar-refractivity contribution in [3.63, 3.8) is 0 Å². The minimum Gasteiger partial charge on any atom is -0.500 e. The summed E-state index contributed by atoms with van der Waals surface area (Å²) in [6.45, 7) is 4.13. The van der Waals surface area contributed by atoms with Crippen LogP contribution in [0.3, 0.4) is 0 Å². The van der Waals surface area contributed by atoms with E-state index in [0.717, 1.165) is 51.8 Å². The molecular weight excluding hydrogens is 316 g/mol. The lowest BCUT2D eigenvalue weighted by molar-refractivity contribution is -0.117. The Balaban J connectivity index is 2.24. The summed E-state index contributed by atoms with van der Waals surface area (Å²) in [5, 5.41) is 0. The molecule has 0 radical (unpaired) electrons. The van der Waals surface area contributed by atoms with Gasteiger partial charge in [0, 0.05) is 16.3 Å². The van der Waals surface area contributed by atoms with Gasteiger partial charge in [0.2, 0.25) is 0 Å². The predicted molar refractivity (Wildman–Crippen MR) is 83.4 cm³/mol. The van der Waals surface area contributed by atoms with E-state index >= 15 is 0 Å². The molecule has 106 valence electrons. The van der Waals surface area contributed by atoms with Gasteiger partial charge in [-0.15, -0.1) is 0 Å². The molecular formula is C17H19BrO2. The molecule has 3 rings (SSSR count). The molecule has 0 amide bonds. The minimum atomic E-state index is 0.205. The molecule has 1 aromatic rings. The zero-order chi connectivity index (χ0) is 14.4. The molecule has 0 aromatic heterocycles. The number of benzene rings is 1. The van der Waals surface area contributed by atoms with E-state index in [-0.39, 0.29) is 11.7 Å². The zero-order valence-electron chi connectivity index (χ0n) is 12.1. The van der Waals surface area contributed by atoms with E-state index in [1.165, 1.54) is 0 Å². The minimum absolute atomic E-state index is 0.205. The predicted octanol–water partition coefficient (Wildman–Crippen LogP) is 4.42. The van der Waals surface area contributed by atoms with E-state index in [4.69, 9.17) is 4.74 Å². The molecule has 2 aliphatic carbocycles. The molecule has 0 aliphatic heterocycles. The Kier molecular flexibility index (Phi) is 3.49. The van der Waals surface area contributed by atoms with E-state index in [0.29, 0.717) is 5.92 Å². The van der Waals surface area contributed by atoms with Gasteiger partial charge >= 0.3 is 0 Å². The first kappa shape index (κ1) is 13.9. The highest BCUT2D eigenvalue weighted by molar-refractivity contribution is 9.10. The monoisotopic (exact) mass is 334 g/mol. The van der Waals surface area contributed by atoms with Gasteiger partial charge in [0.15, 0.2) is 5.78 Å². The Morgan fingerprint density at radius 3 is 2.35 bits per heavy atom.